The Hall–Kier alpha value is -0.300. The van der Waals surface area contributed by atoms with Crippen LogP contribution < -0.4 is 0 Å². The number of hydrogen-bond acceptors (Lipinski definition) is 1. The van der Waals surface area contributed by atoms with Crippen molar-refractivity contribution in [2.24, 2.45) is 17.8 Å². The summed E-state index contributed by atoms with van der Waals surface area (Å²) in [5.74, 6) is 2.66. The minimum Gasteiger partial charge on any atom is -0.396 e. The summed E-state index contributed by atoms with van der Waals surface area (Å²) in [6.45, 7) is 0.373. The molecule has 62 valence electrons. The summed E-state index contributed by atoms with van der Waals surface area (Å²) in [5.41, 5.74) is 0. The molecule has 0 heterocycles. The van der Waals surface area contributed by atoms with E-state index in [2.05, 4.69) is 12.2 Å². The van der Waals surface area contributed by atoms with Crippen LogP contribution >= 0.6 is 0 Å². The molecule has 1 heteroatoms. The zero-order valence-corrected chi connectivity index (χ0v) is 6.87. The molecule has 1 nitrogen and oxygen atoms in total. The molecular weight excluding hydrogens is 136 g/mol. The van der Waals surface area contributed by atoms with Crippen molar-refractivity contribution >= 4 is 0 Å². The molecule has 0 saturated heterocycles. The third-order valence-corrected chi connectivity index (χ3v) is 3.15. The van der Waals surface area contributed by atoms with Gasteiger partial charge in [-0.15, -0.1) is 0 Å². The van der Waals surface area contributed by atoms with Crippen LogP contribution in [0.2, 0.25) is 0 Å². The third-order valence-electron chi connectivity index (χ3n) is 3.15. The van der Waals surface area contributed by atoms with E-state index in [1.54, 1.807) is 0 Å². The van der Waals surface area contributed by atoms with Crippen LogP contribution in [0.4, 0.5) is 0 Å². The van der Waals surface area contributed by atoms with Gasteiger partial charge in [0, 0.05) is 6.61 Å². The maximum absolute atomic E-state index is 8.68. The molecule has 1 fully saturated rings. The van der Waals surface area contributed by atoms with Crippen molar-refractivity contribution in [3.8, 4) is 0 Å². The van der Waals surface area contributed by atoms with Gasteiger partial charge in [-0.1, -0.05) is 12.2 Å². The van der Waals surface area contributed by atoms with Crippen LogP contribution in [-0.4, -0.2) is 11.7 Å². The van der Waals surface area contributed by atoms with Gasteiger partial charge < -0.3 is 5.11 Å². The van der Waals surface area contributed by atoms with Crippen molar-refractivity contribution in [3.05, 3.63) is 12.2 Å². The minimum absolute atomic E-state index is 0.373. The maximum atomic E-state index is 8.68. The fourth-order valence-electron chi connectivity index (χ4n) is 2.58. The molecule has 2 rings (SSSR count). The number of hydrogen-bond donors (Lipinski definition) is 1. The fraction of sp³-hybridized carbons (Fsp3) is 0.800. The van der Waals surface area contributed by atoms with Gasteiger partial charge in [0.2, 0.25) is 0 Å². The van der Waals surface area contributed by atoms with E-state index in [0.717, 1.165) is 24.2 Å². The van der Waals surface area contributed by atoms with E-state index in [-0.39, 0.29) is 0 Å². The zero-order valence-electron chi connectivity index (χ0n) is 6.87. The van der Waals surface area contributed by atoms with Gasteiger partial charge in [-0.3, -0.25) is 0 Å². The Balaban J connectivity index is 1.84. The first-order valence-electron chi connectivity index (χ1n) is 4.69. The molecule has 1 saturated carbocycles. The average Bonchev–Trinajstić information content (AvgIpc) is 2.60. The largest absolute Gasteiger partial charge is 0.396 e. The third kappa shape index (κ3) is 1.34. The molecule has 2 aliphatic rings. The topological polar surface area (TPSA) is 20.2 Å². The van der Waals surface area contributed by atoms with E-state index < -0.39 is 0 Å². The first-order valence-corrected chi connectivity index (χ1v) is 4.69. The highest BCUT2D eigenvalue weighted by Gasteiger charge is 2.34. The van der Waals surface area contributed by atoms with Crippen LogP contribution in [0.3, 0.4) is 0 Å². The number of aliphatic hydroxyl groups excluding tert-OH is 1. The van der Waals surface area contributed by atoms with Crippen molar-refractivity contribution in [3.63, 3.8) is 0 Å². The number of fused-ring (bicyclic) bond motifs is 2. The smallest absolute Gasteiger partial charge is 0.0431 e. The summed E-state index contributed by atoms with van der Waals surface area (Å²) < 4.78 is 0. The van der Waals surface area contributed by atoms with Gasteiger partial charge in [0.15, 0.2) is 0 Å². The van der Waals surface area contributed by atoms with Gasteiger partial charge in [-0.25, -0.2) is 0 Å². The standard InChI is InChI=1S/C10H16O/c11-5-1-2-9-6-8-3-4-10(9)7-8/h3-4,8-11H,1-2,5-7H2. The molecule has 2 aliphatic carbocycles. The highest BCUT2D eigenvalue weighted by molar-refractivity contribution is 5.09. The van der Waals surface area contributed by atoms with Gasteiger partial charge in [-0.2, -0.15) is 0 Å². The van der Waals surface area contributed by atoms with Crippen LogP contribution in [0.25, 0.3) is 0 Å². The lowest BCUT2D eigenvalue weighted by Gasteiger charge is -2.16. The lowest BCUT2D eigenvalue weighted by Crippen LogP contribution is -2.07. The van der Waals surface area contributed by atoms with Gasteiger partial charge >= 0.3 is 0 Å². The van der Waals surface area contributed by atoms with Crippen LogP contribution in [0.15, 0.2) is 12.2 Å². The van der Waals surface area contributed by atoms with Crippen molar-refractivity contribution in [2.75, 3.05) is 6.61 Å². The molecule has 11 heavy (non-hydrogen) atoms. The Kier molecular flexibility index (Phi) is 1.99. The molecule has 3 atom stereocenters. The number of aliphatic hydroxyl groups is 1. The van der Waals surface area contributed by atoms with E-state index in [0.29, 0.717) is 6.61 Å². The molecule has 3 unspecified atom stereocenters. The highest BCUT2D eigenvalue weighted by Crippen LogP contribution is 2.45. The molecule has 0 radical (unpaired) electrons. The summed E-state index contributed by atoms with van der Waals surface area (Å²) in [7, 11) is 0. The second-order valence-electron chi connectivity index (χ2n) is 3.91. The molecule has 0 aliphatic heterocycles. The van der Waals surface area contributed by atoms with Gasteiger partial charge in [0.05, 0.1) is 0 Å². The first kappa shape index (κ1) is 7.35. The normalized spacial score (nSPS) is 40.3. The van der Waals surface area contributed by atoms with Crippen LogP contribution in [0.1, 0.15) is 25.7 Å². The predicted molar refractivity (Wildman–Crippen MR) is 45.2 cm³/mol. The Morgan fingerprint density at radius 3 is 2.73 bits per heavy atom. The Bertz CT molecular complexity index is 162. The summed E-state index contributed by atoms with van der Waals surface area (Å²) in [6, 6.07) is 0. The van der Waals surface area contributed by atoms with E-state index in [9.17, 15) is 0 Å². The molecule has 0 aromatic rings. The minimum atomic E-state index is 0.373. The average molecular weight is 152 g/mol. The Morgan fingerprint density at radius 2 is 2.18 bits per heavy atom. The number of allylic oxidation sites excluding steroid dienone is 2. The highest BCUT2D eigenvalue weighted by atomic mass is 16.2. The zero-order chi connectivity index (χ0) is 7.68. The Labute approximate surface area is 68.1 Å². The molecule has 0 amide bonds. The molecule has 0 aromatic heterocycles. The molecule has 1 N–H and O–H groups in total. The van der Waals surface area contributed by atoms with Crippen molar-refractivity contribution in [1.29, 1.82) is 0 Å². The van der Waals surface area contributed by atoms with E-state index in [4.69, 9.17) is 5.11 Å². The monoisotopic (exact) mass is 152 g/mol. The van der Waals surface area contributed by atoms with E-state index in [1.807, 2.05) is 0 Å². The molecule has 0 spiro atoms. The Morgan fingerprint density at radius 1 is 1.27 bits per heavy atom. The van der Waals surface area contributed by atoms with Crippen molar-refractivity contribution in [1.82, 2.24) is 0 Å². The fourth-order valence-corrected chi connectivity index (χ4v) is 2.58. The predicted octanol–water partition coefficient (Wildman–Crippen LogP) is 1.97. The maximum Gasteiger partial charge on any atom is 0.0431 e. The van der Waals surface area contributed by atoms with E-state index in [1.165, 1.54) is 19.3 Å². The summed E-state index contributed by atoms with van der Waals surface area (Å²) in [6.07, 6.45) is 9.79. The van der Waals surface area contributed by atoms with Gasteiger partial charge in [0.1, 0.15) is 0 Å². The van der Waals surface area contributed by atoms with Crippen molar-refractivity contribution < 1.29 is 5.11 Å². The second-order valence-corrected chi connectivity index (χ2v) is 3.91. The lowest BCUT2D eigenvalue weighted by molar-refractivity contribution is 0.264. The first-order chi connectivity index (χ1) is 5.40. The van der Waals surface area contributed by atoms with Crippen LogP contribution in [0, 0.1) is 17.8 Å². The van der Waals surface area contributed by atoms with Gasteiger partial charge in [-0.05, 0) is 43.4 Å². The second kappa shape index (κ2) is 2.98. The molecular formula is C10H16O. The molecule has 0 aromatic carbocycles. The summed E-state index contributed by atoms with van der Waals surface area (Å²) in [5, 5.41) is 8.68. The van der Waals surface area contributed by atoms with Crippen molar-refractivity contribution in [2.45, 2.75) is 25.7 Å². The SMILES string of the molecule is OCCCC1CC2C=CC1C2. The summed E-state index contributed by atoms with van der Waals surface area (Å²) >= 11 is 0. The molecule has 2 bridgehead atoms. The quantitative estimate of drug-likeness (QED) is 0.613. The number of rotatable bonds is 3. The van der Waals surface area contributed by atoms with E-state index >= 15 is 0 Å². The summed E-state index contributed by atoms with van der Waals surface area (Å²) in [4.78, 5) is 0. The van der Waals surface area contributed by atoms with Crippen LogP contribution in [0.5, 0.6) is 0 Å². The lowest BCUT2D eigenvalue weighted by atomic mass is 9.90. The van der Waals surface area contributed by atoms with Crippen LogP contribution in [-0.2, 0) is 0 Å². The van der Waals surface area contributed by atoms with Gasteiger partial charge in [0.25, 0.3) is 0 Å².